The van der Waals surface area contributed by atoms with Crippen molar-refractivity contribution in [2.75, 3.05) is 6.54 Å². The summed E-state index contributed by atoms with van der Waals surface area (Å²) in [5.41, 5.74) is 2.17. The third-order valence-electron chi connectivity index (χ3n) is 3.29. The average Bonchev–Trinajstić information content (AvgIpc) is 3.18. The summed E-state index contributed by atoms with van der Waals surface area (Å²) >= 11 is 1.63. The highest BCUT2D eigenvalue weighted by Gasteiger charge is 2.20. The lowest BCUT2D eigenvalue weighted by molar-refractivity contribution is 0.281. The second-order valence-corrected chi connectivity index (χ2v) is 6.05. The van der Waals surface area contributed by atoms with Crippen LogP contribution in [0.2, 0.25) is 0 Å². The molecule has 0 amide bonds. The van der Waals surface area contributed by atoms with E-state index in [-0.39, 0.29) is 6.61 Å². The monoisotopic (exact) mass is 274 g/mol. The molecule has 0 atom stereocenters. The molecule has 1 aromatic heterocycles. The summed E-state index contributed by atoms with van der Waals surface area (Å²) in [5, 5.41) is 13.6. The largest absolute Gasteiger partial charge is 0.389 e. The molecule has 0 unspecified atom stereocenters. The molecular formula is C15H18N2OS. The lowest BCUT2D eigenvalue weighted by Crippen LogP contribution is -2.19. The zero-order valence-corrected chi connectivity index (χ0v) is 11.6. The minimum atomic E-state index is 0.0283. The molecular weight excluding hydrogens is 256 g/mol. The first-order valence-electron chi connectivity index (χ1n) is 6.75. The van der Waals surface area contributed by atoms with E-state index in [1.165, 1.54) is 17.7 Å². The Morgan fingerprint density at radius 1 is 1.26 bits per heavy atom. The number of aliphatic hydroxyl groups is 1. The molecule has 2 aromatic rings. The van der Waals surface area contributed by atoms with Gasteiger partial charge in [-0.2, -0.15) is 0 Å². The summed E-state index contributed by atoms with van der Waals surface area (Å²) in [6.07, 6.45) is 3.62. The first-order valence-corrected chi connectivity index (χ1v) is 7.56. The quantitative estimate of drug-likeness (QED) is 0.851. The molecule has 0 radical (unpaired) electrons. The van der Waals surface area contributed by atoms with Crippen LogP contribution in [-0.4, -0.2) is 22.7 Å². The lowest BCUT2D eigenvalue weighted by Gasteiger charge is -2.03. The molecule has 1 aliphatic carbocycles. The van der Waals surface area contributed by atoms with Crippen LogP contribution in [0.25, 0.3) is 11.3 Å². The van der Waals surface area contributed by atoms with E-state index in [2.05, 4.69) is 22.4 Å². The lowest BCUT2D eigenvalue weighted by atomic mass is 10.1. The third kappa shape index (κ3) is 3.21. The van der Waals surface area contributed by atoms with Crippen LogP contribution in [0, 0.1) is 0 Å². The van der Waals surface area contributed by atoms with E-state index in [1.54, 1.807) is 11.3 Å². The maximum atomic E-state index is 9.28. The van der Waals surface area contributed by atoms with E-state index >= 15 is 0 Å². The Kier molecular flexibility index (Phi) is 3.92. The summed E-state index contributed by atoms with van der Waals surface area (Å²) in [4.78, 5) is 5.82. The number of aromatic nitrogens is 1. The SMILES string of the molecule is OCc1nc(-c2ccccc2)c(CCNC2CC2)s1. The standard InChI is InChI=1S/C15H18N2OS/c18-10-14-17-15(11-4-2-1-3-5-11)13(19-14)8-9-16-12-6-7-12/h1-5,12,16,18H,6-10H2. The molecule has 100 valence electrons. The summed E-state index contributed by atoms with van der Waals surface area (Å²) < 4.78 is 0. The van der Waals surface area contributed by atoms with Crippen LogP contribution in [0.15, 0.2) is 30.3 Å². The maximum absolute atomic E-state index is 9.28. The molecule has 19 heavy (non-hydrogen) atoms. The number of thiazole rings is 1. The van der Waals surface area contributed by atoms with Gasteiger partial charge in [-0.15, -0.1) is 11.3 Å². The van der Waals surface area contributed by atoms with Gasteiger partial charge in [0.15, 0.2) is 0 Å². The molecule has 3 rings (SSSR count). The van der Waals surface area contributed by atoms with Crippen molar-refractivity contribution >= 4 is 11.3 Å². The van der Waals surface area contributed by atoms with E-state index in [1.807, 2.05) is 18.2 Å². The van der Waals surface area contributed by atoms with Crippen molar-refractivity contribution in [3.8, 4) is 11.3 Å². The predicted molar refractivity (Wildman–Crippen MR) is 78.2 cm³/mol. The van der Waals surface area contributed by atoms with Crippen molar-refractivity contribution in [2.24, 2.45) is 0 Å². The zero-order chi connectivity index (χ0) is 13.1. The fraction of sp³-hybridized carbons (Fsp3) is 0.400. The van der Waals surface area contributed by atoms with Crippen LogP contribution in [0.4, 0.5) is 0 Å². The first-order chi connectivity index (χ1) is 9.36. The van der Waals surface area contributed by atoms with E-state index in [4.69, 9.17) is 0 Å². The van der Waals surface area contributed by atoms with E-state index < -0.39 is 0 Å². The van der Waals surface area contributed by atoms with E-state index in [9.17, 15) is 5.11 Å². The molecule has 1 saturated carbocycles. The summed E-state index contributed by atoms with van der Waals surface area (Å²) in [6, 6.07) is 11.0. The molecule has 1 aromatic carbocycles. The van der Waals surface area contributed by atoms with Crippen LogP contribution in [0.3, 0.4) is 0 Å². The highest BCUT2D eigenvalue weighted by Crippen LogP contribution is 2.29. The van der Waals surface area contributed by atoms with Gasteiger partial charge in [0.25, 0.3) is 0 Å². The van der Waals surface area contributed by atoms with E-state index in [0.717, 1.165) is 35.3 Å². The van der Waals surface area contributed by atoms with Gasteiger partial charge in [0.2, 0.25) is 0 Å². The highest BCUT2D eigenvalue weighted by molar-refractivity contribution is 7.12. The molecule has 0 saturated heterocycles. The second-order valence-electron chi connectivity index (χ2n) is 4.88. The number of rotatable bonds is 6. The van der Waals surface area contributed by atoms with Gasteiger partial charge in [0.05, 0.1) is 12.3 Å². The number of hydrogen-bond donors (Lipinski definition) is 2. The van der Waals surface area contributed by atoms with Gasteiger partial charge >= 0.3 is 0 Å². The Bertz CT molecular complexity index is 534. The molecule has 1 fully saturated rings. The molecule has 2 N–H and O–H groups in total. The molecule has 0 aliphatic heterocycles. The number of benzene rings is 1. The minimum Gasteiger partial charge on any atom is -0.389 e. The fourth-order valence-electron chi connectivity index (χ4n) is 2.14. The average molecular weight is 274 g/mol. The molecule has 0 spiro atoms. The van der Waals surface area contributed by atoms with Crippen molar-refractivity contribution in [1.82, 2.24) is 10.3 Å². The molecule has 4 heteroatoms. The number of nitrogens with zero attached hydrogens (tertiary/aromatic N) is 1. The number of nitrogens with one attached hydrogen (secondary N) is 1. The van der Waals surface area contributed by atoms with Gasteiger partial charge in [0, 0.05) is 23.0 Å². The second kappa shape index (κ2) is 5.82. The highest BCUT2D eigenvalue weighted by atomic mass is 32.1. The normalized spacial score (nSPS) is 14.8. The van der Waals surface area contributed by atoms with Gasteiger partial charge in [-0.1, -0.05) is 30.3 Å². The Morgan fingerprint density at radius 2 is 2.05 bits per heavy atom. The van der Waals surface area contributed by atoms with Gasteiger partial charge in [-0.05, 0) is 19.3 Å². The van der Waals surface area contributed by atoms with Crippen LogP contribution in [0.1, 0.15) is 22.7 Å². The van der Waals surface area contributed by atoms with Gasteiger partial charge in [0.1, 0.15) is 5.01 Å². The zero-order valence-electron chi connectivity index (χ0n) is 10.8. The van der Waals surface area contributed by atoms with Crippen molar-refractivity contribution in [2.45, 2.75) is 31.9 Å². The molecule has 3 nitrogen and oxygen atoms in total. The van der Waals surface area contributed by atoms with Crippen LogP contribution >= 0.6 is 11.3 Å². The third-order valence-corrected chi connectivity index (χ3v) is 4.39. The Morgan fingerprint density at radius 3 is 2.74 bits per heavy atom. The van der Waals surface area contributed by atoms with Crippen molar-refractivity contribution in [1.29, 1.82) is 0 Å². The van der Waals surface area contributed by atoms with Gasteiger partial charge < -0.3 is 10.4 Å². The fourth-order valence-corrected chi connectivity index (χ4v) is 3.09. The topological polar surface area (TPSA) is 45.2 Å². The first kappa shape index (κ1) is 12.8. The van der Waals surface area contributed by atoms with Crippen molar-refractivity contribution in [3.05, 3.63) is 40.2 Å². The Hall–Kier alpha value is -1.23. The summed E-state index contributed by atoms with van der Waals surface area (Å²) in [5.74, 6) is 0. The van der Waals surface area contributed by atoms with Gasteiger partial charge in [-0.25, -0.2) is 4.98 Å². The maximum Gasteiger partial charge on any atom is 0.119 e. The van der Waals surface area contributed by atoms with Crippen LogP contribution < -0.4 is 5.32 Å². The van der Waals surface area contributed by atoms with Crippen molar-refractivity contribution in [3.63, 3.8) is 0 Å². The summed E-state index contributed by atoms with van der Waals surface area (Å²) in [7, 11) is 0. The van der Waals surface area contributed by atoms with Crippen LogP contribution in [0.5, 0.6) is 0 Å². The Labute approximate surface area is 117 Å². The number of aliphatic hydroxyl groups excluding tert-OH is 1. The summed E-state index contributed by atoms with van der Waals surface area (Å²) in [6.45, 7) is 1.03. The minimum absolute atomic E-state index is 0.0283. The predicted octanol–water partition coefficient (Wildman–Crippen LogP) is 2.60. The van der Waals surface area contributed by atoms with Crippen LogP contribution in [-0.2, 0) is 13.0 Å². The molecule has 1 aliphatic rings. The van der Waals surface area contributed by atoms with Gasteiger partial charge in [-0.3, -0.25) is 0 Å². The molecule has 0 bridgehead atoms. The molecule has 1 heterocycles. The Balaban J connectivity index is 1.78. The van der Waals surface area contributed by atoms with E-state index in [0.29, 0.717) is 0 Å². The smallest absolute Gasteiger partial charge is 0.119 e. The van der Waals surface area contributed by atoms with Crippen molar-refractivity contribution < 1.29 is 5.11 Å². The number of hydrogen-bond acceptors (Lipinski definition) is 4.